The van der Waals surface area contributed by atoms with Crippen LogP contribution in [0.1, 0.15) is 26.7 Å². The molecule has 0 aliphatic heterocycles. The normalized spacial score (nSPS) is 13.2. The second-order valence-corrected chi connectivity index (χ2v) is 3.89. The third-order valence-electron chi connectivity index (χ3n) is 2.00. The average Bonchev–Trinajstić information content (AvgIpc) is 2.11. The van der Waals surface area contributed by atoms with Crippen molar-refractivity contribution in [3.05, 3.63) is 12.7 Å². The van der Waals surface area contributed by atoms with Gasteiger partial charge in [-0.05, 0) is 20.3 Å². The molecule has 0 aromatic rings. The lowest BCUT2D eigenvalue weighted by atomic mass is 10.0. The zero-order chi connectivity index (χ0) is 12.1. The van der Waals surface area contributed by atoms with Gasteiger partial charge in [0.15, 0.2) is 0 Å². The maximum absolute atomic E-state index is 10.8. The van der Waals surface area contributed by atoms with Gasteiger partial charge in [-0.25, -0.2) is 0 Å². The van der Waals surface area contributed by atoms with Gasteiger partial charge in [-0.3, -0.25) is 14.9 Å². The Labute approximate surface area is 88.8 Å². The summed E-state index contributed by atoms with van der Waals surface area (Å²) < 4.78 is 0. The second-order valence-electron chi connectivity index (χ2n) is 3.89. The molecule has 0 spiro atoms. The minimum Gasteiger partial charge on any atom is -0.481 e. The summed E-state index contributed by atoms with van der Waals surface area (Å²) in [7, 11) is 0. The van der Waals surface area contributed by atoms with Crippen LogP contribution in [-0.4, -0.2) is 33.7 Å². The van der Waals surface area contributed by atoms with Gasteiger partial charge in [0.05, 0.1) is 0 Å². The highest BCUT2D eigenvalue weighted by Crippen LogP contribution is 2.08. The SMILES string of the molecule is C=CC(C)(C)N[C@@H](CCC(=O)O)C(=O)O. The van der Waals surface area contributed by atoms with E-state index in [9.17, 15) is 9.59 Å². The van der Waals surface area contributed by atoms with E-state index in [0.717, 1.165) is 0 Å². The van der Waals surface area contributed by atoms with Crippen LogP contribution in [0.5, 0.6) is 0 Å². The number of nitrogens with one attached hydrogen (secondary N) is 1. The van der Waals surface area contributed by atoms with E-state index in [1.54, 1.807) is 19.9 Å². The van der Waals surface area contributed by atoms with Crippen molar-refractivity contribution >= 4 is 11.9 Å². The van der Waals surface area contributed by atoms with E-state index in [2.05, 4.69) is 11.9 Å². The maximum atomic E-state index is 10.8. The summed E-state index contributed by atoms with van der Waals surface area (Å²) in [6, 6.07) is -0.867. The standard InChI is InChI=1S/C10H17NO4/c1-4-10(2,3)11-7(9(14)15)5-6-8(12)13/h4,7,11H,1,5-6H2,2-3H3,(H,12,13)(H,14,15)/t7-/m0/s1. The highest BCUT2D eigenvalue weighted by atomic mass is 16.4. The molecule has 0 aliphatic carbocycles. The van der Waals surface area contributed by atoms with Crippen molar-refractivity contribution in [2.24, 2.45) is 0 Å². The van der Waals surface area contributed by atoms with E-state index in [1.807, 2.05) is 0 Å². The maximum Gasteiger partial charge on any atom is 0.320 e. The second kappa shape index (κ2) is 5.50. The largest absolute Gasteiger partial charge is 0.481 e. The summed E-state index contributed by atoms with van der Waals surface area (Å²) in [4.78, 5) is 21.1. The van der Waals surface area contributed by atoms with Gasteiger partial charge in [0.1, 0.15) is 6.04 Å². The van der Waals surface area contributed by atoms with E-state index in [4.69, 9.17) is 10.2 Å². The Bertz CT molecular complexity index is 260. The lowest BCUT2D eigenvalue weighted by Crippen LogP contribution is -2.48. The minimum absolute atomic E-state index is 0.0575. The molecule has 86 valence electrons. The van der Waals surface area contributed by atoms with Gasteiger partial charge in [0.2, 0.25) is 0 Å². The van der Waals surface area contributed by atoms with Crippen LogP contribution >= 0.6 is 0 Å². The Balaban J connectivity index is 4.35. The molecule has 0 heterocycles. The fraction of sp³-hybridized carbons (Fsp3) is 0.600. The van der Waals surface area contributed by atoms with Crippen molar-refractivity contribution in [1.82, 2.24) is 5.32 Å². The molecule has 0 radical (unpaired) electrons. The predicted octanol–water partition coefficient (Wildman–Crippen LogP) is 0.859. The molecule has 0 amide bonds. The van der Waals surface area contributed by atoms with Crippen LogP contribution in [0.15, 0.2) is 12.7 Å². The molecule has 5 nitrogen and oxygen atoms in total. The zero-order valence-corrected chi connectivity index (χ0v) is 8.99. The summed E-state index contributed by atoms with van der Waals surface area (Å²) in [6.07, 6.45) is 1.48. The summed E-state index contributed by atoms with van der Waals surface area (Å²) in [5.41, 5.74) is -0.526. The van der Waals surface area contributed by atoms with Crippen LogP contribution in [0, 0.1) is 0 Å². The zero-order valence-electron chi connectivity index (χ0n) is 8.99. The van der Waals surface area contributed by atoms with Crippen molar-refractivity contribution in [3.8, 4) is 0 Å². The van der Waals surface area contributed by atoms with Gasteiger partial charge < -0.3 is 10.2 Å². The Morgan fingerprint density at radius 2 is 2.00 bits per heavy atom. The van der Waals surface area contributed by atoms with E-state index < -0.39 is 23.5 Å². The predicted molar refractivity (Wildman–Crippen MR) is 55.7 cm³/mol. The average molecular weight is 215 g/mol. The summed E-state index contributed by atoms with van der Waals surface area (Å²) in [5.74, 6) is -2.05. The van der Waals surface area contributed by atoms with E-state index in [0.29, 0.717) is 0 Å². The van der Waals surface area contributed by atoms with E-state index >= 15 is 0 Å². The number of hydrogen-bond acceptors (Lipinski definition) is 3. The topological polar surface area (TPSA) is 86.6 Å². The monoisotopic (exact) mass is 215 g/mol. The van der Waals surface area contributed by atoms with E-state index in [-0.39, 0.29) is 12.8 Å². The number of hydrogen-bond donors (Lipinski definition) is 3. The van der Waals surface area contributed by atoms with Gasteiger partial charge in [-0.2, -0.15) is 0 Å². The van der Waals surface area contributed by atoms with Crippen molar-refractivity contribution in [3.63, 3.8) is 0 Å². The number of aliphatic carboxylic acids is 2. The van der Waals surface area contributed by atoms with Gasteiger partial charge in [-0.1, -0.05) is 6.08 Å². The first kappa shape index (κ1) is 13.6. The van der Waals surface area contributed by atoms with Crippen LogP contribution in [0.3, 0.4) is 0 Å². The van der Waals surface area contributed by atoms with Crippen LogP contribution in [0.2, 0.25) is 0 Å². The molecule has 0 saturated heterocycles. The summed E-state index contributed by atoms with van der Waals surface area (Å²) in [6.45, 7) is 7.12. The first-order valence-electron chi connectivity index (χ1n) is 4.64. The Kier molecular flexibility index (Phi) is 5.00. The van der Waals surface area contributed by atoms with Crippen molar-refractivity contribution in [2.75, 3.05) is 0 Å². The molecule has 15 heavy (non-hydrogen) atoms. The molecular weight excluding hydrogens is 198 g/mol. The summed E-state index contributed by atoms with van der Waals surface area (Å²) >= 11 is 0. The van der Waals surface area contributed by atoms with Crippen LogP contribution < -0.4 is 5.32 Å². The van der Waals surface area contributed by atoms with Crippen LogP contribution in [0.25, 0.3) is 0 Å². The number of carboxylic acids is 2. The van der Waals surface area contributed by atoms with Gasteiger partial charge >= 0.3 is 11.9 Å². The molecule has 0 aromatic carbocycles. The molecule has 0 saturated carbocycles. The smallest absolute Gasteiger partial charge is 0.320 e. The minimum atomic E-state index is -1.05. The Morgan fingerprint density at radius 3 is 2.33 bits per heavy atom. The van der Waals surface area contributed by atoms with Crippen LogP contribution in [-0.2, 0) is 9.59 Å². The number of rotatable bonds is 7. The van der Waals surface area contributed by atoms with Crippen LogP contribution in [0.4, 0.5) is 0 Å². The molecule has 0 aromatic heterocycles. The highest BCUT2D eigenvalue weighted by Gasteiger charge is 2.24. The lowest BCUT2D eigenvalue weighted by molar-refractivity contribution is -0.141. The first-order chi connectivity index (χ1) is 6.78. The van der Waals surface area contributed by atoms with Crippen molar-refractivity contribution < 1.29 is 19.8 Å². The number of carboxylic acid groups (broad SMARTS) is 2. The fourth-order valence-corrected chi connectivity index (χ4v) is 1.03. The molecule has 3 N–H and O–H groups in total. The van der Waals surface area contributed by atoms with Crippen molar-refractivity contribution in [1.29, 1.82) is 0 Å². The van der Waals surface area contributed by atoms with E-state index in [1.165, 1.54) is 0 Å². The molecule has 0 aliphatic rings. The quantitative estimate of drug-likeness (QED) is 0.548. The molecule has 0 fully saturated rings. The summed E-state index contributed by atoms with van der Waals surface area (Å²) in [5, 5.41) is 20.1. The van der Waals surface area contributed by atoms with Crippen molar-refractivity contribution in [2.45, 2.75) is 38.3 Å². The first-order valence-corrected chi connectivity index (χ1v) is 4.64. The molecule has 0 bridgehead atoms. The number of carbonyl (C=O) groups is 2. The molecule has 0 unspecified atom stereocenters. The van der Waals surface area contributed by atoms with Gasteiger partial charge in [0.25, 0.3) is 0 Å². The Hall–Kier alpha value is -1.36. The molecule has 5 heteroatoms. The highest BCUT2D eigenvalue weighted by molar-refractivity contribution is 5.75. The fourth-order valence-electron chi connectivity index (χ4n) is 1.03. The molecular formula is C10H17NO4. The van der Waals surface area contributed by atoms with Gasteiger partial charge in [-0.15, -0.1) is 6.58 Å². The Morgan fingerprint density at radius 1 is 1.47 bits per heavy atom. The molecule has 1 atom stereocenters. The molecule has 0 rings (SSSR count). The van der Waals surface area contributed by atoms with Gasteiger partial charge in [0, 0.05) is 12.0 Å². The third kappa shape index (κ3) is 5.85. The lowest BCUT2D eigenvalue weighted by Gasteiger charge is -2.26. The third-order valence-corrected chi connectivity index (χ3v) is 2.00.